The lowest BCUT2D eigenvalue weighted by atomic mass is 10.0. The van der Waals surface area contributed by atoms with Crippen molar-refractivity contribution in [3.63, 3.8) is 0 Å². The van der Waals surface area contributed by atoms with E-state index in [1.165, 1.54) is 12.3 Å². The van der Waals surface area contributed by atoms with E-state index >= 15 is 0 Å². The van der Waals surface area contributed by atoms with Gasteiger partial charge < -0.3 is 15.0 Å². The molecule has 1 saturated heterocycles. The Labute approximate surface area is 162 Å². The Morgan fingerprint density at radius 3 is 3.00 bits per heavy atom. The van der Waals surface area contributed by atoms with Crippen molar-refractivity contribution in [2.24, 2.45) is 0 Å². The lowest BCUT2D eigenvalue weighted by Gasteiger charge is -2.20. The summed E-state index contributed by atoms with van der Waals surface area (Å²) in [5.74, 6) is 0.339. The maximum absolute atomic E-state index is 13.7. The normalized spacial score (nSPS) is 18.9. The SMILES string of the molecule is N#Cc1cc(NC(=O)c2cc(N3CCC(F)C3)nc3c2CCOCC3)ccn1. The lowest BCUT2D eigenvalue weighted by molar-refractivity contribution is 0.102. The molecule has 0 aromatic carbocycles. The Bertz CT molecular complexity index is 943. The summed E-state index contributed by atoms with van der Waals surface area (Å²) in [5, 5.41) is 11.8. The Hall–Kier alpha value is -3.05. The van der Waals surface area contributed by atoms with Gasteiger partial charge in [0.15, 0.2) is 0 Å². The van der Waals surface area contributed by atoms with Crippen LogP contribution in [0.5, 0.6) is 0 Å². The first kappa shape index (κ1) is 18.3. The molecule has 2 aliphatic heterocycles. The van der Waals surface area contributed by atoms with Crippen LogP contribution in [0.15, 0.2) is 24.4 Å². The van der Waals surface area contributed by atoms with Crippen LogP contribution in [0.2, 0.25) is 0 Å². The summed E-state index contributed by atoms with van der Waals surface area (Å²) in [6.45, 7) is 1.95. The number of aromatic nitrogens is 2. The third-order valence-electron chi connectivity index (χ3n) is 5.01. The Kier molecular flexibility index (Phi) is 5.17. The summed E-state index contributed by atoms with van der Waals surface area (Å²) in [6, 6.07) is 6.86. The summed E-state index contributed by atoms with van der Waals surface area (Å²) in [4.78, 5) is 23.6. The molecule has 4 heterocycles. The largest absolute Gasteiger partial charge is 0.381 e. The number of pyridine rings is 2. The number of hydrogen-bond donors (Lipinski definition) is 1. The van der Waals surface area contributed by atoms with E-state index in [4.69, 9.17) is 15.0 Å². The van der Waals surface area contributed by atoms with Gasteiger partial charge in [-0.1, -0.05) is 0 Å². The van der Waals surface area contributed by atoms with Crippen molar-refractivity contribution in [2.45, 2.75) is 25.4 Å². The van der Waals surface area contributed by atoms with Crippen molar-refractivity contribution >= 4 is 17.4 Å². The van der Waals surface area contributed by atoms with Crippen LogP contribution in [0.25, 0.3) is 0 Å². The molecule has 1 unspecified atom stereocenters. The first-order chi connectivity index (χ1) is 13.6. The molecule has 0 spiro atoms. The van der Waals surface area contributed by atoms with Crippen LogP contribution >= 0.6 is 0 Å². The quantitative estimate of drug-likeness (QED) is 0.877. The van der Waals surface area contributed by atoms with E-state index in [1.807, 2.05) is 11.0 Å². The molecule has 8 heteroatoms. The number of carbonyl (C=O) groups is 1. The highest BCUT2D eigenvalue weighted by molar-refractivity contribution is 6.06. The number of anilines is 2. The van der Waals surface area contributed by atoms with Gasteiger partial charge in [0, 0.05) is 36.1 Å². The van der Waals surface area contributed by atoms with Gasteiger partial charge in [0.2, 0.25) is 0 Å². The number of rotatable bonds is 3. The summed E-state index contributed by atoms with van der Waals surface area (Å²) < 4.78 is 19.2. The number of ether oxygens (including phenoxy) is 1. The minimum absolute atomic E-state index is 0.228. The van der Waals surface area contributed by atoms with Gasteiger partial charge in [0.05, 0.1) is 19.8 Å². The molecule has 7 nitrogen and oxygen atoms in total. The smallest absolute Gasteiger partial charge is 0.256 e. The highest BCUT2D eigenvalue weighted by Crippen LogP contribution is 2.27. The number of halogens is 1. The minimum atomic E-state index is -0.873. The Morgan fingerprint density at radius 2 is 2.21 bits per heavy atom. The van der Waals surface area contributed by atoms with Gasteiger partial charge in [0.25, 0.3) is 5.91 Å². The van der Waals surface area contributed by atoms with E-state index < -0.39 is 6.17 Å². The summed E-state index contributed by atoms with van der Waals surface area (Å²) in [7, 11) is 0. The van der Waals surface area contributed by atoms with E-state index in [9.17, 15) is 9.18 Å². The molecular weight excluding hydrogens is 361 g/mol. The number of alkyl halides is 1. The fourth-order valence-electron chi connectivity index (χ4n) is 3.60. The van der Waals surface area contributed by atoms with Crippen molar-refractivity contribution in [1.82, 2.24) is 9.97 Å². The first-order valence-corrected chi connectivity index (χ1v) is 9.31. The number of fused-ring (bicyclic) bond motifs is 1. The van der Waals surface area contributed by atoms with E-state index in [-0.39, 0.29) is 11.6 Å². The predicted molar refractivity (Wildman–Crippen MR) is 101 cm³/mol. The van der Waals surface area contributed by atoms with Gasteiger partial charge in [-0.2, -0.15) is 5.26 Å². The van der Waals surface area contributed by atoms with Crippen LogP contribution < -0.4 is 10.2 Å². The van der Waals surface area contributed by atoms with E-state index in [2.05, 4.69) is 10.3 Å². The second kappa shape index (κ2) is 7.90. The number of carbonyl (C=O) groups excluding carboxylic acids is 1. The summed E-state index contributed by atoms with van der Waals surface area (Å²) >= 11 is 0. The second-order valence-corrected chi connectivity index (χ2v) is 6.89. The number of amides is 1. The number of nitrogens with zero attached hydrogens (tertiary/aromatic N) is 4. The number of nitriles is 1. The molecule has 2 aromatic heterocycles. The molecule has 1 amide bonds. The van der Waals surface area contributed by atoms with Crippen LogP contribution in [0.4, 0.5) is 15.9 Å². The van der Waals surface area contributed by atoms with Gasteiger partial charge >= 0.3 is 0 Å². The topological polar surface area (TPSA) is 91.1 Å². The molecule has 2 aliphatic rings. The lowest BCUT2D eigenvalue weighted by Crippen LogP contribution is -2.24. The van der Waals surface area contributed by atoms with Crippen LogP contribution in [0.3, 0.4) is 0 Å². The highest BCUT2D eigenvalue weighted by atomic mass is 19.1. The van der Waals surface area contributed by atoms with Gasteiger partial charge in [0.1, 0.15) is 23.8 Å². The van der Waals surface area contributed by atoms with E-state index in [0.717, 1.165) is 11.3 Å². The molecule has 2 aromatic rings. The molecule has 1 atom stereocenters. The highest BCUT2D eigenvalue weighted by Gasteiger charge is 2.26. The molecule has 1 N–H and O–H groups in total. The van der Waals surface area contributed by atoms with Crippen molar-refractivity contribution in [3.8, 4) is 6.07 Å². The summed E-state index contributed by atoms with van der Waals surface area (Å²) in [5.41, 5.74) is 2.94. The molecule has 0 saturated carbocycles. The zero-order chi connectivity index (χ0) is 19.5. The average molecular weight is 381 g/mol. The number of hydrogen-bond acceptors (Lipinski definition) is 6. The first-order valence-electron chi connectivity index (χ1n) is 9.31. The molecule has 0 aliphatic carbocycles. The van der Waals surface area contributed by atoms with Gasteiger partial charge in [-0.05, 0) is 36.6 Å². The fraction of sp³-hybridized carbons (Fsp3) is 0.400. The van der Waals surface area contributed by atoms with Crippen LogP contribution in [0, 0.1) is 11.3 Å². The third-order valence-corrected chi connectivity index (χ3v) is 5.01. The molecule has 0 bridgehead atoms. The zero-order valence-corrected chi connectivity index (χ0v) is 15.3. The Balaban J connectivity index is 1.69. The van der Waals surface area contributed by atoms with Gasteiger partial charge in [-0.25, -0.2) is 14.4 Å². The second-order valence-electron chi connectivity index (χ2n) is 6.89. The van der Waals surface area contributed by atoms with Crippen molar-refractivity contribution < 1.29 is 13.9 Å². The van der Waals surface area contributed by atoms with Gasteiger partial charge in [-0.15, -0.1) is 0 Å². The minimum Gasteiger partial charge on any atom is -0.381 e. The maximum Gasteiger partial charge on any atom is 0.256 e. The zero-order valence-electron chi connectivity index (χ0n) is 15.3. The Morgan fingerprint density at radius 1 is 1.36 bits per heavy atom. The standard InChI is InChI=1S/C20H20FN5O2/c21-13-2-6-26(12-13)19-10-17(16-3-7-28-8-4-18(16)25-19)20(27)24-14-1-5-23-15(9-14)11-22/h1,5,9-10,13H,2-4,6-8,12H2,(H,23,24,27). The van der Waals surface area contributed by atoms with Crippen LogP contribution in [-0.2, 0) is 17.6 Å². The fourth-order valence-corrected chi connectivity index (χ4v) is 3.60. The van der Waals surface area contributed by atoms with Crippen molar-refractivity contribution in [2.75, 3.05) is 36.5 Å². The maximum atomic E-state index is 13.7. The molecule has 0 radical (unpaired) electrons. The summed E-state index contributed by atoms with van der Waals surface area (Å²) in [6.07, 6.45) is 2.28. The molecule has 1 fully saturated rings. The number of nitrogens with one attached hydrogen (secondary N) is 1. The van der Waals surface area contributed by atoms with Gasteiger partial charge in [-0.3, -0.25) is 4.79 Å². The van der Waals surface area contributed by atoms with Crippen molar-refractivity contribution in [3.05, 3.63) is 46.9 Å². The molecular formula is C20H20FN5O2. The van der Waals surface area contributed by atoms with Crippen LogP contribution in [0.1, 0.15) is 33.7 Å². The van der Waals surface area contributed by atoms with E-state index in [1.54, 1.807) is 12.1 Å². The third kappa shape index (κ3) is 3.80. The molecule has 144 valence electrons. The van der Waals surface area contributed by atoms with E-state index in [0.29, 0.717) is 62.6 Å². The molecule has 28 heavy (non-hydrogen) atoms. The van der Waals surface area contributed by atoms with Crippen LogP contribution in [-0.4, -0.2) is 48.4 Å². The molecule has 4 rings (SSSR count). The predicted octanol–water partition coefficient (Wildman–Crippen LogP) is 2.26. The average Bonchev–Trinajstić information content (AvgIpc) is 3.00. The monoisotopic (exact) mass is 381 g/mol. The van der Waals surface area contributed by atoms with Crippen molar-refractivity contribution in [1.29, 1.82) is 5.26 Å².